The Bertz CT molecular complexity index is 462. The summed E-state index contributed by atoms with van der Waals surface area (Å²) in [5, 5.41) is 3.78. The number of nitrogens with zero attached hydrogens (tertiary/aromatic N) is 1. The van der Waals surface area contributed by atoms with E-state index in [0.29, 0.717) is 11.5 Å². The Labute approximate surface area is 124 Å². The first-order valence-corrected chi connectivity index (χ1v) is 7.83. The highest BCUT2D eigenvalue weighted by Gasteiger charge is 2.32. The van der Waals surface area contributed by atoms with Gasteiger partial charge in [-0.2, -0.15) is 0 Å². The number of benzene rings is 1. The van der Waals surface area contributed by atoms with E-state index in [4.69, 9.17) is 0 Å². The van der Waals surface area contributed by atoms with Crippen LogP contribution in [-0.4, -0.2) is 20.1 Å². The zero-order chi connectivity index (χ0) is 14.9. The summed E-state index contributed by atoms with van der Waals surface area (Å²) in [6.07, 6.45) is 3.92. The Morgan fingerprint density at radius 3 is 2.50 bits per heavy atom. The van der Waals surface area contributed by atoms with Crippen molar-refractivity contribution in [3.63, 3.8) is 0 Å². The maximum atomic E-state index is 3.78. The summed E-state index contributed by atoms with van der Waals surface area (Å²) in [4.78, 5) is 2.16. The van der Waals surface area contributed by atoms with Gasteiger partial charge in [-0.25, -0.2) is 0 Å². The van der Waals surface area contributed by atoms with E-state index >= 15 is 0 Å². The maximum Gasteiger partial charge on any atom is 0.0373 e. The van der Waals surface area contributed by atoms with Crippen LogP contribution in [0, 0.1) is 18.3 Å². The second-order valence-corrected chi connectivity index (χ2v) is 7.53. The number of hydrogen-bond donors (Lipinski definition) is 1. The van der Waals surface area contributed by atoms with Gasteiger partial charge in [0.1, 0.15) is 0 Å². The summed E-state index contributed by atoms with van der Waals surface area (Å²) in [6, 6.07) is 7.32. The van der Waals surface area contributed by atoms with Crippen molar-refractivity contribution in [3.8, 4) is 0 Å². The molecule has 2 nitrogen and oxygen atoms in total. The van der Waals surface area contributed by atoms with Crippen molar-refractivity contribution < 1.29 is 0 Å². The quantitative estimate of drug-likeness (QED) is 0.860. The number of anilines is 2. The van der Waals surface area contributed by atoms with Crippen molar-refractivity contribution in [2.24, 2.45) is 11.3 Å². The van der Waals surface area contributed by atoms with Crippen LogP contribution in [0.1, 0.15) is 45.6 Å². The van der Waals surface area contributed by atoms with Gasteiger partial charge < -0.3 is 10.2 Å². The monoisotopic (exact) mass is 274 g/mol. The molecular weight excluding hydrogens is 244 g/mol. The molecule has 1 N–H and O–H groups in total. The molecule has 2 rings (SSSR count). The highest BCUT2D eigenvalue weighted by atomic mass is 15.1. The normalized spacial score (nSPS) is 25.3. The van der Waals surface area contributed by atoms with E-state index < -0.39 is 0 Å². The summed E-state index contributed by atoms with van der Waals surface area (Å²) in [5.74, 6) is 0.742. The van der Waals surface area contributed by atoms with Gasteiger partial charge in [0, 0.05) is 31.5 Å². The largest absolute Gasteiger partial charge is 0.382 e. The SMILES string of the molecule is Cc1cc(N(C)C)ccc1NC1CCC(C)(C)CC1C. The fourth-order valence-electron chi connectivity index (χ4n) is 3.45. The molecule has 0 aromatic heterocycles. The average Bonchev–Trinajstić information content (AvgIpc) is 2.33. The molecule has 0 spiro atoms. The first-order chi connectivity index (χ1) is 9.28. The van der Waals surface area contributed by atoms with Crippen molar-refractivity contribution in [1.82, 2.24) is 0 Å². The molecule has 0 saturated heterocycles. The lowest BCUT2D eigenvalue weighted by Crippen LogP contribution is -2.37. The van der Waals surface area contributed by atoms with Gasteiger partial charge in [0.15, 0.2) is 0 Å². The molecule has 1 fully saturated rings. The van der Waals surface area contributed by atoms with Crippen molar-refractivity contribution in [1.29, 1.82) is 0 Å². The minimum Gasteiger partial charge on any atom is -0.382 e. The van der Waals surface area contributed by atoms with Crippen LogP contribution in [0.4, 0.5) is 11.4 Å². The van der Waals surface area contributed by atoms with E-state index in [2.05, 4.69) is 70.2 Å². The lowest BCUT2D eigenvalue weighted by molar-refractivity contribution is 0.177. The Morgan fingerprint density at radius 2 is 1.95 bits per heavy atom. The molecule has 2 atom stereocenters. The molecule has 20 heavy (non-hydrogen) atoms. The zero-order valence-corrected chi connectivity index (χ0v) is 14.0. The second kappa shape index (κ2) is 5.67. The lowest BCUT2D eigenvalue weighted by atomic mass is 9.70. The third kappa shape index (κ3) is 3.47. The fourth-order valence-corrected chi connectivity index (χ4v) is 3.45. The summed E-state index contributed by atoms with van der Waals surface area (Å²) >= 11 is 0. The van der Waals surface area contributed by atoms with Crippen molar-refractivity contribution in [2.75, 3.05) is 24.3 Å². The topological polar surface area (TPSA) is 15.3 Å². The van der Waals surface area contributed by atoms with Gasteiger partial charge in [-0.3, -0.25) is 0 Å². The molecular formula is C18H30N2. The van der Waals surface area contributed by atoms with E-state index in [1.165, 1.54) is 36.2 Å². The van der Waals surface area contributed by atoms with Crippen molar-refractivity contribution in [2.45, 2.75) is 53.0 Å². The van der Waals surface area contributed by atoms with Gasteiger partial charge >= 0.3 is 0 Å². The average molecular weight is 274 g/mol. The molecule has 1 saturated carbocycles. The molecule has 0 radical (unpaired) electrons. The van der Waals surface area contributed by atoms with Crippen LogP contribution in [0.2, 0.25) is 0 Å². The molecule has 1 aliphatic rings. The smallest absolute Gasteiger partial charge is 0.0373 e. The number of aryl methyl sites for hydroxylation is 1. The van der Waals surface area contributed by atoms with Gasteiger partial charge in [-0.1, -0.05) is 20.8 Å². The molecule has 0 aliphatic heterocycles. The first-order valence-electron chi connectivity index (χ1n) is 7.83. The molecule has 0 bridgehead atoms. The Balaban J connectivity index is 2.07. The molecule has 1 aromatic carbocycles. The van der Waals surface area contributed by atoms with Crippen LogP contribution in [0.15, 0.2) is 18.2 Å². The summed E-state index contributed by atoms with van der Waals surface area (Å²) < 4.78 is 0. The molecule has 1 aromatic rings. The van der Waals surface area contributed by atoms with Crippen LogP contribution in [-0.2, 0) is 0 Å². The molecule has 1 aliphatic carbocycles. The van der Waals surface area contributed by atoms with E-state index in [9.17, 15) is 0 Å². The number of hydrogen-bond acceptors (Lipinski definition) is 2. The third-order valence-electron chi connectivity index (χ3n) is 4.76. The third-order valence-corrected chi connectivity index (χ3v) is 4.76. The van der Waals surface area contributed by atoms with Crippen LogP contribution in [0.3, 0.4) is 0 Å². The fraction of sp³-hybridized carbons (Fsp3) is 0.667. The standard InChI is InChI=1S/C18H30N2/c1-13-11-15(20(5)6)7-8-16(13)19-17-9-10-18(3,4)12-14(17)2/h7-8,11,14,17,19H,9-10,12H2,1-6H3. The number of nitrogens with one attached hydrogen (secondary N) is 1. The van der Waals surface area contributed by atoms with E-state index in [-0.39, 0.29) is 0 Å². The van der Waals surface area contributed by atoms with Crippen molar-refractivity contribution in [3.05, 3.63) is 23.8 Å². The second-order valence-electron chi connectivity index (χ2n) is 7.53. The van der Waals surface area contributed by atoms with E-state index in [1.54, 1.807) is 0 Å². The van der Waals surface area contributed by atoms with Crippen LogP contribution in [0.25, 0.3) is 0 Å². The van der Waals surface area contributed by atoms with Gasteiger partial charge in [0.05, 0.1) is 0 Å². The molecule has 0 heterocycles. The summed E-state index contributed by atoms with van der Waals surface area (Å²) in [5.41, 5.74) is 4.42. The Kier molecular flexibility index (Phi) is 4.31. The lowest BCUT2D eigenvalue weighted by Gasteiger charge is -2.40. The van der Waals surface area contributed by atoms with Crippen molar-refractivity contribution >= 4 is 11.4 Å². The number of rotatable bonds is 3. The Morgan fingerprint density at radius 1 is 1.25 bits per heavy atom. The Hall–Kier alpha value is -1.18. The molecule has 0 amide bonds. The minimum absolute atomic E-state index is 0.515. The minimum atomic E-state index is 0.515. The highest BCUT2D eigenvalue weighted by Crippen LogP contribution is 2.39. The van der Waals surface area contributed by atoms with Crippen LogP contribution < -0.4 is 10.2 Å². The van der Waals surface area contributed by atoms with Gasteiger partial charge in [0.25, 0.3) is 0 Å². The zero-order valence-electron chi connectivity index (χ0n) is 14.0. The maximum absolute atomic E-state index is 3.78. The molecule has 112 valence electrons. The summed E-state index contributed by atoms with van der Waals surface area (Å²) in [6.45, 7) is 9.39. The van der Waals surface area contributed by atoms with Gasteiger partial charge in [-0.15, -0.1) is 0 Å². The van der Waals surface area contributed by atoms with Gasteiger partial charge in [-0.05, 0) is 61.3 Å². The molecule has 2 unspecified atom stereocenters. The van der Waals surface area contributed by atoms with E-state index in [0.717, 1.165) is 5.92 Å². The van der Waals surface area contributed by atoms with Gasteiger partial charge in [0.2, 0.25) is 0 Å². The molecule has 2 heteroatoms. The van der Waals surface area contributed by atoms with E-state index in [1.807, 2.05) is 0 Å². The predicted octanol–water partition coefficient (Wildman–Crippen LogP) is 4.69. The highest BCUT2D eigenvalue weighted by molar-refractivity contribution is 5.60. The van der Waals surface area contributed by atoms with Crippen LogP contribution >= 0.6 is 0 Å². The predicted molar refractivity (Wildman–Crippen MR) is 89.7 cm³/mol. The summed E-state index contributed by atoms with van der Waals surface area (Å²) in [7, 11) is 4.18. The van der Waals surface area contributed by atoms with Crippen LogP contribution in [0.5, 0.6) is 0 Å². The first kappa shape index (κ1) is 15.2.